The first-order valence-corrected chi connectivity index (χ1v) is 14.2. The zero-order valence-corrected chi connectivity index (χ0v) is 25.6. The molecular formula is C32H26F6N8O2. The molecule has 1 atom stereocenters. The molecule has 3 aromatic heterocycles. The Morgan fingerprint density at radius 1 is 1.12 bits per heavy atom. The summed E-state index contributed by atoms with van der Waals surface area (Å²) < 4.78 is 83.9. The van der Waals surface area contributed by atoms with E-state index in [2.05, 4.69) is 20.1 Å². The molecule has 0 bridgehead atoms. The number of alkyl halides is 6. The number of nitrogens with two attached hydrogens (primary N) is 1. The Bertz CT molecular complexity index is 2070. The smallest absolute Gasteiger partial charge is 0.404 e. The number of carbonyl (C=O) groups excluding carboxylic acids is 1. The number of aryl methyl sites for hydroxylation is 1. The van der Waals surface area contributed by atoms with Crippen molar-refractivity contribution >= 4 is 17.7 Å². The molecular weight excluding hydrogens is 642 g/mol. The summed E-state index contributed by atoms with van der Waals surface area (Å²) in [5, 5.41) is 3.68. The van der Waals surface area contributed by atoms with E-state index in [-0.39, 0.29) is 47.1 Å². The van der Waals surface area contributed by atoms with Crippen LogP contribution in [0.5, 0.6) is 0 Å². The van der Waals surface area contributed by atoms with Crippen LogP contribution < -0.4 is 11.3 Å². The van der Waals surface area contributed by atoms with Crippen LogP contribution in [0.2, 0.25) is 0 Å². The number of aromatic nitrogens is 5. The highest BCUT2D eigenvalue weighted by atomic mass is 19.4. The number of pyridine rings is 1. The molecule has 0 spiro atoms. The summed E-state index contributed by atoms with van der Waals surface area (Å²) in [6, 6.07) is 5.99. The van der Waals surface area contributed by atoms with Crippen molar-refractivity contribution in [3.05, 3.63) is 104 Å². The second-order valence-corrected chi connectivity index (χ2v) is 10.9. The molecule has 10 nitrogen and oxygen atoms in total. The number of fused-ring (bicyclic) bond motifs is 1. The maximum absolute atomic E-state index is 14.2. The molecule has 1 aliphatic rings. The molecule has 0 unspecified atom stereocenters. The van der Waals surface area contributed by atoms with E-state index in [0.717, 1.165) is 21.4 Å². The molecule has 4 aromatic rings. The Morgan fingerprint density at radius 2 is 1.85 bits per heavy atom. The average molecular weight is 669 g/mol. The SMILES string of the molecule is C#Cc1ccc(C(=O)N2Cc3nc(-n4nc(C(F)(F)F)cc4C)n(-c4ccc(/C(C=NC)=C/N)nc4)c(=O)c3C[C@H]2C)cc1C(F)(F)F. The molecule has 2 N–H and O–H groups in total. The fourth-order valence-electron chi connectivity index (χ4n) is 5.33. The van der Waals surface area contributed by atoms with Gasteiger partial charge in [-0.2, -0.15) is 31.4 Å². The van der Waals surface area contributed by atoms with Crippen molar-refractivity contribution in [1.82, 2.24) is 29.2 Å². The summed E-state index contributed by atoms with van der Waals surface area (Å²) >= 11 is 0. The average Bonchev–Trinajstić information content (AvgIpc) is 3.44. The van der Waals surface area contributed by atoms with Gasteiger partial charge >= 0.3 is 12.4 Å². The number of halogens is 6. The molecule has 0 saturated carbocycles. The fourth-order valence-corrected chi connectivity index (χ4v) is 5.33. The third-order valence-electron chi connectivity index (χ3n) is 7.70. The zero-order chi connectivity index (χ0) is 35.1. The predicted octanol–water partition coefficient (Wildman–Crippen LogP) is 4.73. The van der Waals surface area contributed by atoms with E-state index in [4.69, 9.17) is 12.2 Å². The van der Waals surface area contributed by atoms with Gasteiger partial charge in [0.2, 0.25) is 5.95 Å². The normalized spacial score (nSPS) is 15.5. The number of hydrogen-bond donors (Lipinski definition) is 1. The molecule has 0 radical (unpaired) electrons. The Morgan fingerprint density at radius 3 is 2.42 bits per heavy atom. The molecule has 16 heteroatoms. The third-order valence-corrected chi connectivity index (χ3v) is 7.70. The fraction of sp³-hybridized carbons (Fsp3) is 0.250. The topological polar surface area (TPSA) is 124 Å². The quantitative estimate of drug-likeness (QED) is 0.186. The Labute approximate surface area is 269 Å². The van der Waals surface area contributed by atoms with Gasteiger partial charge in [-0.05, 0) is 56.7 Å². The summed E-state index contributed by atoms with van der Waals surface area (Å²) in [7, 11) is 1.54. The lowest BCUT2D eigenvalue weighted by molar-refractivity contribution is -0.141. The van der Waals surface area contributed by atoms with Crippen molar-refractivity contribution in [3.63, 3.8) is 0 Å². The van der Waals surface area contributed by atoms with Crippen LogP contribution in [0, 0.1) is 19.3 Å². The lowest BCUT2D eigenvalue weighted by Crippen LogP contribution is -2.46. The van der Waals surface area contributed by atoms with Crippen LogP contribution in [0.3, 0.4) is 0 Å². The number of benzene rings is 1. The van der Waals surface area contributed by atoms with Crippen LogP contribution in [0.25, 0.3) is 17.2 Å². The van der Waals surface area contributed by atoms with E-state index >= 15 is 0 Å². The van der Waals surface area contributed by atoms with Crippen molar-refractivity contribution < 1.29 is 31.1 Å². The molecule has 0 fully saturated rings. The molecule has 5 rings (SSSR count). The van der Waals surface area contributed by atoms with Crippen molar-refractivity contribution in [2.24, 2.45) is 10.7 Å². The summed E-state index contributed by atoms with van der Waals surface area (Å²) in [6.07, 6.45) is -0.419. The van der Waals surface area contributed by atoms with E-state index in [9.17, 15) is 35.9 Å². The van der Waals surface area contributed by atoms with Gasteiger partial charge in [0.15, 0.2) is 5.69 Å². The van der Waals surface area contributed by atoms with Gasteiger partial charge < -0.3 is 10.6 Å². The van der Waals surface area contributed by atoms with E-state index < -0.39 is 46.7 Å². The van der Waals surface area contributed by atoms with E-state index in [0.29, 0.717) is 17.3 Å². The molecule has 0 saturated heterocycles. The first-order chi connectivity index (χ1) is 22.6. The monoisotopic (exact) mass is 668 g/mol. The summed E-state index contributed by atoms with van der Waals surface area (Å²) in [4.78, 5) is 41.7. The number of nitrogens with zero attached hydrogens (tertiary/aromatic N) is 7. The Kier molecular flexibility index (Phi) is 8.74. The summed E-state index contributed by atoms with van der Waals surface area (Å²) in [5.74, 6) is 0.843. The molecule has 0 aliphatic carbocycles. The zero-order valence-electron chi connectivity index (χ0n) is 25.6. The van der Waals surface area contributed by atoms with Gasteiger partial charge in [-0.3, -0.25) is 19.6 Å². The van der Waals surface area contributed by atoms with Crippen LogP contribution >= 0.6 is 0 Å². The van der Waals surface area contributed by atoms with Gasteiger partial charge in [-0.25, -0.2) is 14.2 Å². The number of terminal acetylenes is 1. The maximum atomic E-state index is 14.2. The van der Waals surface area contributed by atoms with Gasteiger partial charge in [-0.15, -0.1) is 6.42 Å². The largest absolute Gasteiger partial charge is 0.435 e. The van der Waals surface area contributed by atoms with Crippen molar-refractivity contribution in [2.45, 2.75) is 45.2 Å². The highest BCUT2D eigenvalue weighted by Gasteiger charge is 2.38. The van der Waals surface area contributed by atoms with Crippen LogP contribution in [0.1, 0.15) is 56.7 Å². The lowest BCUT2D eigenvalue weighted by atomic mass is 9.97. The van der Waals surface area contributed by atoms with Crippen LogP contribution in [0.15, 0.2) is 58.6 Å². The minimum absolute atomic E-state index is 0.00888. The summed E-state index contributed by atoms with van der Waals surface area (Å²) in [6.45, 7) is 2.62. The van der Waals surface area contributed by atoms with Gasteiger partial charge in [0.05, 0.1) is 35.4 Å². The Hall–Kier alpha value is -5.72. The Balaban J connectivity index is 1.65. The minimum atomic E-state index is -4.82. The first kappa shape index (κ1) is 33.6. The maximum Gasteiger partial charge on any atom is 0.435 e. The molecule has 1 amide bonds. The number of carbonyl (C=O) groups is 1. The van der Waals surface area contributed by atoms with Gasteiger partial charge in [0, 0.05) is 53.5 Å². The number of amides is 1. The molecule has 1 aromatic carbocycles. The number of allylic oxidation sites excluding steroid dienone is 1. The van der Waals surface area contributed by atoms with Crippen molar-refractivity contribution in [1.29, 1.82) is 0 Å². The number of aliphatic imine (C=N–C) groups is 1. The van der Waals surface area contributed by atoms with Gasteiger partial charge in [0.1, 0.15) is 0 Å². The minimum Gasteiger partial charge on any atom is -0.404 e. The van der Waals surface area contributed by atoms with E-state index in [1.165, 1.54) is 55.7 Å². The predicted molar refractivity (Wildman–Crippen MR) is 163 cm³/mol. The van der Waals surface area contributed by atoms with E-state index in [1.807, 2.05) is 5.92 Å². The van der Waals surface area contributed by atoms with Crippen LogP contribution in [-0.2, 0) is 25.3 Å². The van der Waals surface area contributed by atoms with Crippen molar-refractivity contribution in [3.8, 4) is 24.0 Å². The summed E-state index contributed by atoms with van der Waals surface area (Å²) in [5.41, 5.74) is 3.07. The van der Waals surface area contributed by atoms with Gasteiger partial charge in [0.25, 0.3) is 11.5 Å². The second kappa shape index (κ2) is 12.5. The lowest BCUT2D eigenvalue weighted by Gasteiger charge is -2.34. The number of hydrogen-bond acceptors (Lipinski definition) is 7. The highest BCUT2D eigenvalue weighted by Crippen LogP contribution is 2.34. The third kappa shape index (κ3) is 6.18. The molecule has 48 heavy (non-hydrogen) atoms. The number of rotatable bonds is 5. The molecule has 248 valence electrons. The van der Waals surface area contributed by atoms with Crippen LogP contribution in [0.4, 0.5) is 26.3 Å². The van der Waals surface area contributed by atoms with Crippen molar-refractivity contribution in [2.75, 3.05) is 7.05 Å². The van der Waals surface area contributed by atoms with E-state index in [1.54, 1.807) is 6.92 Å². The molecule has 1 aliphatic heterocycles. The van der Waals surface area contributed by atoms with Crippen LogP contribution in [-0.4, -0.2) is 54.4 Å². The second-order valence-electron chi connectivity index (χ2n) is 10.9. The highest BCUT2D eigenvalue weighted by molar-refractivity contribution is 6.08. The standard InChI is InChI=1S/C32H26F6N8O2/c1-5-19-6-7-20(12-24(19)31(33,34)35)28(47)44-16-26-23(10-17(44)2)29(48)45(22-8-9-25(41-15-22)21(13-39)14-40-4)30(42-26)46-18(3)11-27(43-46)32(36,37)38/h1,6-9,11-15,17H,10,16,39H2,2-4H3/b21-13+,40-14?/t17-/m1/s1. The van der Waals surface area contributed by atoms with Gasteiger partial charge in [-0.1, -0.05) is 5.92 Å². The first-order valence-electron chi connectivity index (χ1n) is 14.2. The molecule has 4 heterocycles.